The van der Waals surface area contributed by atoms with Crippen LogP contribution in [-0.2, 0) is 11.2 Å². The molecule has 0 radical (unpaired) electrons. The van der Waals surface area contributed by atoms with Crippen molar-refractivity contribution >= 4 is 17.9 Å². The zero-order valence-corrected chi connectivity index (χ0v) is 13.3. The number of pyridine rings is 1. The van der Waals surface area contributed by atoms with Gasteiger partial charge in [-0.1, -0.05) is 6.08 Å². The largest absolute Gasteiger partial charge is 0.493 e. The molecule has 1 aromatic carbocycles. The van der Waals surface area contributed by atoms with E-state index in [1.807, 2.05) is 12.1 Å². The fraction of sp³-hybridized carbons (Fsp3) is 0.167. The minimum atomic E-state index is -1.05. The van der Waals surface area contributed by atoms with Gasteiger partial charge in [-0.25, -0.2) is 4.79 Å². The molecule has 2 rings (SSSR count). The Morgan fingerprint density at radius 1 is 1.46 bits per heavy atom. The lowest BCUT2D eigenvalue weighted by molar-refractivity contribution is -0.139. The molecule has 0 amide bonds. The Kier molecular flexibility index (Phi) is 6.08. The topological polar surface area (TPSA) is 81.0 Å². The van der Waals surface area contributed by atoms with Crippen LogP contribution >= 0.6 is 0 Å². The average Bonchev–Trinajstić information content (AvgIpc) is 2.59. The smallest absolute Gasteiger partial charge is 0.341 e. The Bertz CT molecular complexity index is 742. The summed E-state index contributed by atoms with van der Waals surface area (Å²) in [4.78, 5) is 19.1. The highest BCUT2D eigenvalue weighted by Crippen LogP contribution is 2.33. The van der Waals surface area contributed by atoms with Crippen LogP contribution in [0.4, 0.5) is 5.69 Å². The van der Waals surface area contributed by atoms with Crippen molar-refractivity contribution < 1.29 is 19.4 Å². The van der Waals surface area contributed by atoms with E-state index in [1.165, 1.54) is 7.11 Å². The number of rotatable bonds is 8. The van der Waals surface area contributed by atoms with Gasteiger partial charge >= 0.3 is 5.97 Å². The van der Waals surface area contributed by atoms with Gasteiger partial charge in [0.25, 0.3) is 0 Å². The molecule has 0 unspecified atom stereocenters. The molecule has 6 nitrogen and oxygen atoms in total. The van der Waals surface area contributed by atoms with E-state index in [1.54, 1.807) is 36.8 Å². The lowest BCUT2D eigenvalue weighted by Crippen LogP contribution is -2.11. The summed E-state index contributed by atoms with van der Waals surface area (Å²) < 4.78 is 10.7. The summed E-state index contributed by atoms with van der Waals surface area (Å²) in [7, 11) is 1.50. The molecule has 0 atom stereocenters. The molecule has 1 aromatic heterocycles. The maximum Gasteiger partial charge on any atom is 0.341 e. The molecule has 0 spiro atoms. The van der Waals surface area contributed by atoms with E-state index in [2.05, 4.69) is 16.6 Å². The van der Waals surface area contributed by atoms with Gasteiger partial charge in [-0.15, -0.1) is 6.58 Å². The van der Waals surface area contributed by atoms with Crippen LogP contribution in [0.1, 0.15) is 11.1 Å². The molecule has 2 aromatic rings. The quantitative estimate of drug-likeness (QED) is 0.596. The van der Waals surface area contributed by atoms with Gasteiger partial charge in [0.05, 0.1) is 19.0 Å². The highest BCUT2D eigenvalue weighted by atomic mass is 16.5. The van der Waals surface area contributed by atoms with E-state index < -0.39 is 12.6 Å². The van der Waals surface area contributed by atoms with Crippen LogP contribution in [0.15, 0.2) is 54.3 Å². The van der Waals surface area contributed by atoms with Gasteiger partial charge in [-0.05, 0) is 36.2 Å². The van der Waals surface area contributed by atoms with E-state index in [4.69, 9.17) is 14.6 Å². The monoisotopic (exact) mass is 326 g/mol. The van der Waals surface area contributed by atoms with Crippen LogP contribution in [0, 0.1) is 0 Å². The second kappa shape index (κ2) is 8.47. The highest BCUT2D eigenvalue weighted by Gasteiger charge is 2.13. The van der Waals surface area contributed by atoms with Gasteiger partial charge in [-0.3, -0.25) is 9.98 Å². The van der Waals surface area contributed by atoms with E-state index in [0.717, 1.165) is 16.8 Å². The molecule has 1 N–H and O–H groups in total. The molecule has 1 heterocycles. The van der Waals surface area contributed by atoms with Crippen molar-refractivity contribution in [3.8, 4) is 11.5 Å². The third kappa shape index (κ3) is 4.67. The predicted molar refractivity (Wildman–Crippen MR) is 91.5 cm³/mol. The molecule has 0 aliphatic rings. The van der Waals surface area contributed by atoms with Gasteiger partial charge in [0, 0.05) is 18.0 Å². The summed E-state index contributed by atoms with van der Waals surface area (Å²) >= 11 is 0. The number of aliphatic carboxylic acids is 1. The first-order valence-electron chi connectivity index (χ1n) is 7.24. The van der Waals surface area contributed by atoms with Crippen LogP contribution in [0.2, 0.25) is 0 Å². The average molecular weight is 326 g/mol. The fourth-order valence-electron chi connectivity index (χ4n) is 2.09. The summed E-state index contributed by atoms with van der Waals surface area (Å²) in [5.74, 6) is -0.203. The van der Waals surface area contributed by atoms with E-state index >= 15 is 0 Å². The van der Waals surface area contributed by atoms with Crippen molar-refractivity contribution in [3.63, 3.8) is 0 Å². The van der Waals surface area contributed by atoms with Crippen molar-refractivity contribution in [2.24, 2.45) is 4.99 Å². The second-order valence-corrected chi connectivity index (χ2v) is 4.86. The Morgan fingerprint density at radius 2 is 2.29 bits per heavy atom. The van der Waals surface area contributed by atoms with Crippen LogP contribution in [0.25, 0.3) is 0 Å². The summed E-state index contributed by atoms with van der Waals surface area (Å²) in [6.07, 6.45) is 7.25. The molecule has 0 aliphatic carbocycles. The number of nitrogens with zero attached hydrogens (tertiary/aromatic N) is 2. The first-order chi connectivity index (χ1) is 11.6. The maximum absolute atomic E-state index is 10.8. The van der Waals surface area contributed by atoms with Crippen LogP contribution in [-0.4, -0.2) is 36.0 Å². The molecule has 124 valence electrons. The maximum atomic E-state index is 10.8. The molecular formula is C18H18N2O4. The Balaban J connectivity index is 2.36. The van der Waals surface area contributed by atoms with Crippen molar-refractivity contribution in [2.45, 2.75) is 6.42 Å². The Hall–Kier alpha value is -3.15. The third-order valence-corrected chi connectivity index (χ3v) is 3.09. The number of hydrogen-bond donors (Lipinski definition) is 1. The molecular weight excluding hydrogens is 308 g/mol. The summed E-state index contributed by atoms with van der Waals surface area (Å²) in [5, 5.41) is 8.81. The van der Waals surface area contributed by atoms with Gasteiger partial charge in [0.15, 0.2) is 18.1 Å². The van der Waals surface area contributed by atoms with E-state index in [0.29, 0.717) is 17.9 Å². The van der Waals surface area contributed by atoms with Gasteiger partial charge < -0.3 is 14.6 Å². The number of aliphatic imine (C=N–C) groups is 1. The number of hydrogen-bond acceptors (Lipinski definition) is 5. The Morgan fingerprint density at radius 3 is 2.92 bits per heavy atom. The standard InChI is InChI=1S/C18H18N2O4/c1-3-5-14-8-13(10-20-15-6-4-7-19-11-15)9-16(23-2)18(14)24-12-17(21)22/h3-4,6-11H,1,5,12H2,2H3,(H,21,22). The Labute approximate surface area is 140 Å². The minimum Gasteiger partial charge on any atom is -0.493 e. The number of carboxylic acid groups (broad SMARTS) is 1. The van der Waals surface area contributed by atoms with Crippen molar-refractivity contribution in [1.82, 2.24) is 4.98 Å². The van der Waals surface area contributed by atoms with Gasteiger partial charge in [0.1, 0.15) is 0 Å². The zero-order chi connectivity index (χ0) is 17.4. The minimum absolute atomic E-state index is 0.401. The van der Waals surface area contributed by atoms with Crippen molar-refractivity contribution in [1.29, 1.82) is 0 Å². The van der Waals surface area contributed by atoms with Crippen LogP contribution in [0.5, 0.6) is 11.5 Å². The first kappa shape index (κ1) is 17.2. The van der Waals surface area contributed by atoms with Gasteiger partial charge in [-0.2, -0.15) is 0 Å². The number of ether oxygens (including phenoxy) is 2. The summed E-state index contributed by atoms with van der Waals surface area (Å²) in [6.45, 7) is 3.28. The SMILES string of the molecule is C=CCc1cc(C=Nc2cccnc2)cc(OC)c1OCC(=O)O. The van der Waals surface area contributed by atoms with Crippen LogP contribution in [0.3, 0.4) is 0 Å². The molecule has 0 aliphatic heterocycles. The van der Waals surface area contributed by atoms with E-state index in [9.17, 15) is 4.79 Å². The zero-order valence-electron chi connectivity index (χ0n) is 13.3. The normalized spacial score (nSPS) is 10.5. The molecule has 6 heteroatoms. The number of carboxylic acids is 1. The molecule has 0 fully saturated rings. The summed E-state index contributed by atoms with van der Waals surface area (Å²) in [6, 6.07) is 7.25. The first-order valence-corrected chi connectivity index (χ1v) is 7.24. The van der Waals surface area contributed by atoms with E-state index in [-0.39, 0.29) is 0 Å². The van der Waals surface area contributed by atoms with Crippen LogP contribution < -0.4 is 9.47 Å². The van der Waals surface area contributed by atoms with Crippen molar-refractivity contribution in [2.75, 3.05) is 13.7 Å². The number of carbonyl (C=O) groups is 1. The fourth-order valence-corrected chi connectivity index (χ4v) is 2.09. The predicted octanol–water partition coefficient (Wildman–Crippen LogP) is 3.03. The number of allylic oxidation sites excluding steroid dienone is 1. The van der Waals surface area contributed by atoms with Gasteiger partial charge in [0.2, 0.25) is 0 Å². The van der Waals surface area contributed by atoms with Crippen molar-refractivity contribution in [3.05, 3.63) is 60.4 Å². The number of methoxy groups -OCH3 is 1. The lowest BCUT2D eigenvalue weighted by atomic mass is 10.1. The summed E-state index contributed by atoms with van der Waals surface area (Å²) in [5.41, 5.74) is 2.31. The lowest BCUT2D eigenvalue weighted by Gasteiger charge is -2.14. The molecule has 0 bridgehead atoms. The number of aromatic nitrogens is 1. The number of benzene rings is 1. The second-order valence-electron chi connectivity index (χ2n) is 4.86. The third-order valence-electron chi connectivity index (χ3n) is 3.09. The molecule has 0 saturated heterocycles. The molecule has 0 saturated carbocycles. The molecule has 24 heavy (non-hydrogen) atoms. The highest BCUT2D eigenvalue weighted by molar-refractivity contribution is 5.83.